The maximum Gasteiger partial charge on any atom is 0.342 e. The molecule has 11 heteroatoms. The molecule has 2 aromatic rings. The lowest BCUT2D eigenvalue weighted by Crippen LogP contribution is -2.08. The van der Waals surface area contributed by atoms with E-state index in [0.717, 1.165) is 5.56 Å². The van der Waals surface area contributed by atoms with Gasteiger partial charge in [-0.15, -0.1) is 0 Å². The minimum Gasteiger partial charge on any atom is -0.503 e. The summed E-state index contributed by atoms with van der Waals surface area (Å²) >= 11 is 28.3. The first-order chi connectivity index (χ1) is 18.6. The summed E-state index contributed by atoms with van der Waals surface area (Å²) in [5.41, 5.74) is 1.84. The molecule has 0 unspecified atom stereocenters. The molecule has 0 bridgehead atoms. The van der Waals surface area contributed by atoms with Gasteiger partial charge in [0.2, 0.25) is 0 Å². The molecule has 2 aromatic carbocycles. The lowest BCUT2D eigenvalue weighted by Gasteiger charge is -2.15. The van der Waals surface area contributed by atoms with E-state index in [2.05, 4.69) is 15.9 Å². The van der Waals surface area contributed by atoms with Crippen LogP contribution in [0.3, 0.4) is 0 Å². The summed E-state index contributed by atoms with van der Waals surface area (Å²) in [6.07, 6.45) is 0. The van der Waals surface area contributed by atoms with E-state index in [4.69, 9.17) is 60.6 Å². The quantitative estimate of drug-likeness (QED) is 0.120. The molecule has 0 fully saturated rings. The predicted molar refractivity (Wildman–Crippen MR) is 156 cm³/mol. The first kappa shape index (κ1) is 29.3. The molecule has 0 amide bonds. The largest absolute Gasteiger partial charge is 0.503 e. The molecule has 0 aliphatic heterocycles. The molecule has 202 valence electrons. The van der Waals surface area contributed by atoms with Gasteiger partial charge in [0.05, 0.1) is 23.3 Å². The van der Waals surface area contributed by atoms with Crippen LogP contribution in [0.15, 0.2) is 53.0 Å². The van der Waals surface area contributed by atoms with Crippen LogP contribution in [0.2, 0.25) is 20.1 Å². The number of halogens is 5. The molecular formula is C28H19BrCl4O6. The van der Waals surface area contributed by atoms with Crippen LogP contribution in [-0.4, -0.2) is 30.3 Å². The smallest absolute Gasteiger partial charge is 0.342 e. The fraction of sp³-hybridized carbons (Fsp3) is 0.143. The van der Waals surface area contributed by atoms with Crippen LogP contribution in [0.5, 0.6) is 17.2 Å². The Labute approximate surface area is 252 Å². The number of ether oxygens (including phenoxy) is 3. The summed E-state index contributed by atoms with van der Waals surface area (Å²) in [6, 6.07) is 14.4. The Balaban J connectivity index is 2.18. The molecular weight excluding hydrogens is 654 g/mol. The zero-order valence-electron chi connectivity index (χ0n) is 20.4. The number of benzene rings is 2. The molecule has 0 aromatic heterocycles. The fourth-order valence-corrected chi connectivity index (χ4v) is 5.26. The molecule has 6 nitrogen and oxygen atoms in total. The Morgan fingerprint density at radius 1 is 0.769 bits per heavy atom. The Kier molecular flexibility index (Phi) is 9.19. The molecule has 2 aliphatic rings. The number of rotatable bonds is 7. The zero-order chi connectivity index (χ0) is 28.4. The Bertz CT molecular complexity index is 1530. The van der Waals surface area contributed by atoms with Crippen LogP contribution in [0.25, 0.3) is 22.3 Å². The van der Waals surface area contributed by atoms with Crippen LogP contribution in [0.4, 0.5) is 0 Å². The second-order valence-electron chi connectivity index (χ2n) is 7.99. The van der Waals surface area contributed by atoms with E-state index in [9.17, 15) is 14.7 Å². The minimum absolute atomic E-state index is 0.0353. The monoisotopic (exact) mass is 670 g/mol. The van der Waals surface area contributed by atoms with Gasteiger partial charge in [0.15, 0.2) is 17.2 Å². The number of phenols is 1. The first-order valence-corrected chi connectivity index (χ1v) is 13.8. The van der Waals surface area contributed by atoms with E-state index in [1.807, 2.05) is 30.3 Å². The van der Waals surface area contributed by atoms with Crippen molar-refractivity contribution in [2.75, 3.05) is 13.2 Å². The molecule has 1 N–H and O–H groups in total. The van der Waals surface area contributed by atoms with E-state index in [1.54, 1.807) is 32.0 Å². The van der Waals surface area contributed by atoms with Crippen molar-refractivity contribution >= 4 is 74.3 Å². The van der Waals surface area contributed by atoms with Crippen LogP contribution in [0, 0.1) is 0 Å². The van der Waals surface area contributed by atoms with E-state index >= 15 is 0 Å². The minimum atomic E-state index is -0.783. The standard InChI is InChI=1S/C28H19BrCl4O6/c1-3-37-27(35)18-15-11-10-14(29)12-16(13-8-6-5-7-9-13)17(15)19(28(36)38-4-2)25(18)39-26-23(33)21(31)20(30)22(32)24(26)34/h5-12,34H,3-4H2,1-2H3. The number of aromatic hydroxyl groups is 1. The molecule has 0 atom stereocenters. The lowest BCUT2D eigenvalue weighted by molar-refractivity contribution is 0.0524. The third-order valence-electron chi connectivity index (χ3n) is 5.65. The maximum absolute atomic E-state index is 13.6. The number of carbonyl (C=O) groups is 2. The highest BCUT2D eigenvalue weighted by Gasteiger charge is 2.37. The Hall–Kier alpha value is -2.68. The molecule has 2 aliphatic carbocycles. The first-order valence-electron chi connectivity index (χ1n) is 11.5. The highest BCUT2D eigenvalue weighted by Crippen LogP contribution is 2.54. The van der Waals surface area contributed by atoms with Gasteiger partial charge in [-0.25, -0.2) is 9.59 Å². The summed E-state index contributed by atoms with van der Waals surface area (Å²) in [4.78, 5) is 27.0. The van der Waals surface area contributed by atoms with E-state index in [0.29, 0.717) is 21.2 Å². The molecule has 0 saturated heterocycles. The maximum atomic E-state index is 13.6. The van der Waals surface area contributed by atoms with Gasteiger partial charge < -0.3 is 19.3 Å². The molecule has 0 spiro atoms. The highest BCUT2D eigenvalue weighted by atomic mass is 79.9. The van der Waals surface area contributed by atoms with Gasteiger partial charge >= 0.3 is 11.9 Å². The SMILES string of the molecule is CCOC(=O)c1c2ccc(Br)cc(-c3ccccc3)c-2c(C(=O)OCC)c1Oc1c(O)c(Cl)c(Cl)c(Cl)c1Cl. The topological polar surface area (TPSA) is 82.1 Å². The lowest BCUT2D eigenvalue weighted by atomic mass is 9.96. The normalized spacial score (nSPS) is 10.9. The third kappa shape index (κ3) is 5.52. The van der Waals surface area contributed by atoms with Gasteiger partial charge in [0.25, 0.3) is 0 Å². The van der Waals surface area contributed by atoms with Gasteiger partial charge in [-0.1, -0.05) is 98.7 Å². The van der Waals surface area contributed by atoms with Gasteiger partial charge in [-0.05, 0) is 37.1 Å². The average molecular weight is 673 g/mol. The summed E-state index contributed by atoms with van der Waals surface area (Å²) in [5, 5.41) is 9.78. The van der Waals surface area contributed by atoms with Gasteiger partial charge in [0, 0.05) is 15.6 Å². The Morgan fingerprint density at radius 3 is 1.97 bits per heavy atom. The van der Waals surface area contributed by atoms with Gasteiger partial charge in [-0.3, -0.25) is 0 Å². The molecule has 0 radical (unpaired) electrons. The van der Waals surface area contributed by atoms with Crippen molar-refractivity contribution in [2.24, 2.45) is 0 Å². The van der Waals surface area contributed by atoms with Gasteiger partial charge in [-0.2, -0.15) is 0 Å². The van der Waals surface area contributed by atoms with Crippen molar-refractivity contribution < 1.29 is 28.9 Å². The van der Waals surface area contributed by atoms with E-state index in [-0.39, 0.29) is 50.2 Å². The summed E-state index contributed by atoms with van der Waals surface area (Å²) in [5.74, 6) is -2.87. The predicted octanol–water partition coefficient (Wildman–Crippen LogP) is 9.69. The number of hydrogen-bond donors (Lipinski definition) is 1. The molecule has 4 rings (SSSR count). The Morgan fingerprint density at radius 2 is 1.36 bits per heavy atom. The number of hydrogen-bond acceptors (Lipinski definition) is 6. The van der Waals surface area contributed by atoms with Crippen LogP contribution < -0.4 is 4.74 Å². The summed E-state index contributed by atoms with van der Waals surface area (Å²) < 4.78 is 17.5. The van der Waals surface area contributed by atoms with Crippen LogP contribution >= 0.6 is 62.3 Å². The number of phenolic OH excluding ortho intramolecular Hbond substituents is 1. The molecule has 39 heavy (non-hydrogen) atoms. The van der Waals surface area contributed by atoms with E-state index < -0.39 is 23.4 Å². The second-order valence-corrected chi connectivity index (χ2v) is 10.4. The summed E-state index contributed by atoms with van der Waals surface area (Å²) in [7, 11) is 0. The summed E-state index contributed by atoms with van der Waals surface area (Å²) in [6.45, 7) is 3.36. The van der Waals surface area contributed by atoms with Crippen molar-refractivity contribution in [3.63, 3.8) is 0 Å². The second kappa shape index (κ2) is 12.2. The van der Waals surface area contributed by atoms with Crippen molar-refractivity contribution in [3.05, 3.63) is 84.2 Å². The van der Waals surface area contributed by atoms with Crippen molar-refractivity contribution in [1.29, 1.82) is 0 Å². The van der Waals surface area contributed by atoms with Crippen LogP contribution in [-0.2, 0) is 9.47 Å². The third-order valence-corrected chi connectivity index (χ3v) is 7.92. The van der Waals surface area contributed by atoms with Gasteiger partial charge in [0.1, 0.15) is 21.2 Å². The van der Waals surface area contributed by atoms with Crippen molar-refractivity contribution in [2.45, 2.75) is 13.8 Å². The molecule has 0 saturated carbocycles. The highest BCUT2D eigenvalue weighted by molar-refractivity contribution is 9.10. The zero-order valence-corrected chi connectivity index (χ0v) is 25.0. The number of esters is 2. The van der Waals surface area contributed by atoms with E-state index in [1.165, 1.54) is 0 Å². The number of fused-ring (bicyclic) bond motifs is 1. The van der Waals surface area contributed by atoms with Crippen molar-refractivity contribution in [1.82, 2.24) is 0 Å². The average Bonchev–Trinajstić information content (AvgIpc) is 3.15. The van der Waals surface area contributed by atoms with Crippen molar-refractivity contribution in [3.8, 4) is 39.5 Å². The fourth-order valence-electron chi connectivity index (χ4n) is 4.03. The van der Waals surface area contributed by atoms with Crippen LogP contribution in [0.1, 0.15) is 34.6 Å². The molecule has 0 heterocycles. The number of carbonyl (C=O) groups excluding carboxylic acids is 2.